The molecule has 1 aromatic rings. The van der Waals surface area contributed by atoms with E-state index in [9.17, 15) is 14.4 Å². The molecule has 2 saturated heterocycles. The molecule has 19 heavy (non-hydrogen) atoms. The van der Waals surface area contributed by atoms with E-state index in [0.29, 0.717) is 6.42 Å². The summed E-state index contributed by atoms with van der Waals surface area (Å²) < 4.78 is 11.6. The zero-order valence-electron chi connectivity index (χ0n) is 10.5. The van der Waals surface area contributed by atoms with Crippen LogP contribution in [0.5, 0.6) is 0 Å². The normalized spacial score (nSPS) is 31.0. The van der Waals surface area contributed by atoms with Crippen molar-refractivity contribution in [3.05, 3.63) is 31.5 Å². The number of fused-ring (bicyclic) bond motifs is 1. The second kappa shape index (κ2) is 3.91. The third kappa shape index (κ3) is 2.06. The van der Waals surface area contributed by atoms with Gasteiger partial charge < -0.3 is 9.47 Å². The molecule has 2 N–H and O–H groups in total. The predicted molar refractivity (Wildman–Crippen MR) is 63.7 cm³/mol. The molecule has 8 nitrogen and oxygen atoms in total. The molecule has 3 heterocycles. The lowest BCUT2D eigenvalue weighted by molar-refractivity contribution is -0.0920. The van der Waals surface area contributed by atoms with Crippen molar-refractivity contribution >= 4 is 0 Å². The summed E-state index contributed by atoms with van der Waals surface area (Å²) in [6, 6.07) is 0. The van der Waals surface area contributed by atoms with Crippen LogP contribution in [-0.4, -0.2) is 26.1 Å². The topological polar surface area (TPSA) is 113 Å². The van der Waals surface area contributed by atoms with E-state index in [2.05, 4.69) is 0 Å². The Kier molecular flexibility index (Phi) is 2.55. The Morgan fingerprint density at radius 1 is 1.05 bits per heavy atom. The van der Waals surface area contributed by atoms with E-state index in [0.717, 1.165) is 23.8 Å². The number of epoxide rings is 2. The summed E-state index contributed by atoms with van der Waals surface area (Å²) in [6.07, 6.45) is 3.28. The van der Waals surface area contributed by atoms with Gasteiger partial charge in [0.25, 0.3) is 0 Å². The number of hydrogen-bond acceptors (Lipinski definition) is 5. The molecule has 8 heteroatoms. The minimum Gasteiger partial charge on any atom is -0.307 e. The maximum atomic E-state index is 11.4. The Labute approximate surface area is 107 Å². The minimum absolute atomic E-state index is 0.289. The molecule has 104 valence electrons. The summed E-state index contributed by atoms with van der Waals surface area (Å²) in [4.78, 5) is 37.7. The second-order valence-corrected chi connectivity index (χ2v) is 5.05. The first-order valence-corrected chi connectivity index (χ1v) is 6.30. The van der Waals surface area contributed by atoms with Crippen molar-refractivity contribution in [1.82, 2.24) is 14.5 Å². The van der Waals surface area contributed by atoms with Crippen molar-refractivity contribution < 1.29 is 9.47 Å². The molecule has 0 unspecified atom stereocenters. The Hall–Kier alpha value is -1.67. The van der Waals surface area contributed by atoms with Crippen LogP contribution in [0.1, 0.15) is 32.6 Å². The zero-order valence-corrected chi connectivity index (χ0v) is 10.5. The summed E-state index contributed by atoms with van der Waals surface area (Å²) >= 11 is 0. The van der Waals surface area contributed by atoms with Crippen LogP contribution in [0.4, 0.5) is 0 Å². The van der Waals surface area contributed by atoms with E-state index in [4.69, 9.17) is 9.47 Å². The highest BCUT2D eigenvalue weighted by molar-refractivity contribution is 5.14. The average Bonchev–Trinajstić information content (AvgIpc) is 3.05. The van der Waals surface area contributed by atoms with Crippen LogP contribution < -0.4 is 17.1 Å². The molecular weight excluding hydrogens is 254 g/mol. The number of nitrogens with one attached hydrogen (secondary N) is 2. The van der Waals surface area contributed by atoms with Crippen LogP contribution >= 0.6 is 0 Å². The van der Waals surface area contributed by atoms with E-state index < -0.39 is 17.1 Å². The van der Waals surface area contributed by atoms with Gasteiger partial charge in [-0.1, -0.05) is 6.42 Å². The predicted octanol–water partition coefficient (Wildman–Crippen LogP) is -0.742. The first-order valence-electron chi connectivity index (χ1n) is 6.30. The van der Waals surface area contributed by atoms with Crippen LogP contribution in [-0.2, 0) is 16.0 Å². The summed E-state index contributed by atoms with van der Waals surface area (Å²) in [5.41, 5.74) is -2.12. The highest BCUT2D eigenvalue weighted by Crippen LogP contribution is 2.69. The summed E-state index contributed by atoms with van der Waals surface area (Å²) in [6.45, 7) is 2.20. The number of aromatic nitrogens is 3. The lowest BCUT2D eigenvalue weighted by Gasteiger charge is -2.03. The van der Waals surface area contributed by atoms with E-state index in [1.165, 1.54) is 0 Å². The van der Waals surface area contributed by atoms with Crippen molar-refractivity contribution in [3.63, 3.8) is 0 Å². The first kappa shape index (κ1) is 12.4. The van der Waals surface area contributed by atoms with Gasteiger partial charge in [0, 0.05) is 13.0 Å². The van der Waals surface area contributed by atoms with Crippen molar-refractivity contribution in [3.8, 4) is 0 Å². The summed E-state index contributed by atoms with van der Waals surface area (Å²) in [5, 5.41) is 0. The molecule has 2 fully saturated rings. The van der Waals surface area contributed by atoms with Gasteiger partial charge in [-0.05, 0) is 19.8 Å². The number of aromatic amines is 2. The minimum atomic E-state index is -0.776. The van der Waals surface area contributed by atoms with E-state index >= 15 is 0 Å². The van der Waals surface area contributed by atoms with Gasteiger partial charge in [-0.3, -0.25) is 9.97 Å². The standard InChI is InChI=1S/C11H15N3O5/c1-10-11(18-10,19-10)5-3-2-4-6-14-8(16)12-7(15)13-9(14)17/h2-6H2,1H3,(H2,12,13,15,16,17). The maximum Gasteiger partial charge on any atom is 0.333 e. The van der Waals surface area contributed by atoms with E-state index in [1.54, 1.807) is 0 Å². The van der Waals surface area contributed by atoms with Gasteiger partial charge in [0.2, 0.25) is 11.6 Å². The highest BCUT2D eigenvalue weighted by Gasteiger charge is 2.87. The summed E-state index contributed by atoms with van der Waals surface area (Å²) in [7, 11) is 0. The van der Waals surface area contributed by atoms with Crippen LogP contribution in [0.2, 0.25) is 0 Å². The smallest absolute Gasteiger partial charge is 0.307 e. The van der Waals surface area contributed by atoms with Gasteiger partial charge >= 0.3 is 17.1 Å². The van der Waals surface area contributed by atoms with Crippen LogP contribution in [0, 0.1) is 0 Å². The van der Waals surface area contributed by atoms with Gasteiger partial charge in [0.15, 0.2) is 0 Å². The molecular formula is C11H15N3O5. The molecule has 2 aliphatic heterocycles. The molecule has 1 aromatic heterocycles. The first-order chi connectivity index (χ1) is 8.96. The lowest BCUT2D eigenvalue weighted by Crippen LogP contribution is -2.43. The molecule has 0 aliphatic carbocycles. The fourth-order valence-electron chi connectivity index (χ4n) is 2.38. The number of H-pyrrole nitrogens is 2. The van der Waals surface area contributed by atoms with Crippen LogP contribution in [0.25, 0.3) is 0 Å². The number of rotatable bonds is 6. The molecule has 2 aliphatic rings. The third-order valence-electron chi connectivity index (χ3n) is 3.65. The van der Waals surface area contributed by atoms with Gasteiger partial charge in [-0.15, -0.1) is 0 Å². The molecule has 0 saturated carbocycles. The number of ether oxygens (including phenoxy) is 2. The molecule has 0 aromatic carbocycles. The van der Waals surface area contributed by atoms with Gasteiger partial charge in [0.1, 0.15) is 0 Å². The Balaban J connectivity index is 1.46. The van der Waals surface area contributed by atoms with Crippen LogP contribution in [0.3, 0.4) is 0 Å². The fourth-order valence-corrected chi connectivity index (χ4v) is 2.38. The summed E-state index contributed by atoms with van der Waals surface area (Å²) in [5.74, 6) is -0.667. The Morgan fingerprint density at radius 2 is 1.63 bits per heavy atom. The molecule has 0 spiro atoms. The monoisotopic (exact) mass is 269 g/mol. The average molecular weight is 269 g/mol. The molecule has 0 amide bonds. The molecule has 3 rings (SSSR count). The van der Waals surface area contributed by atoms with E-state index in [-0.39, 0.29) is 18.1 Å². The van der Waals surface area contributed by atoms with Crippen molar-refractivity contribution in [2.45, 2.75) is 50.7 Å². The van der Waals surface area contributed by atoms with Crippen molar-refractivity contribution in [2.24, 2.45) is 0 Å². The molecule has 0 atom stereocenters. The van der Waals surface area contributed by atoms with Crippen molar-refractivity contribution in [2.75, 3.05) is 0 Å². The molecule has 0 bridgehead atoms. The van der Waals surface area contributed by atoms with Crippen molar-refractivity contribution in [1.29, 1.82) is 0 Å². The van der Waals surface area contributed by atoms with Gasteiger partial charge in [0.05, 0.1) is 0 Å². The second-order valence-electron chi connectivity index (χ2n) is 5.05. The van der Waals surface area contributed by atoms with Crippen LogP contribution in [0.15, 0.2) is 14.4 Å². The SMILES string of the molecule is CC12OC1(CCCCCn1c(=O)[nH]c(=O)[nH]c1=O)O2. The number of hydrogen-bond donors (Lipinski definition) is 2. The largest absolute Gasteiger partial charge is 0.333 e. The maximum absolute atomic E-state index is 11.4. The Bertz CT molecular complexity index is 630. The van der Waals surface area contributed by atoms with Gasteiger partial charge in [-0.25, -0.2) is 19.0 Å². The number of nitrogens with zero attached hydrogens (tertiary/aromatic N) is 1. The fraction of sp³-hybridized carbons (Fsp3) is 0.727. The third-order valence-corrected chi connectivity index (χ3v) is 3.65. The quantitative estimate of drug-likeness (QED) is 0.521. The number of unbranched alkanes of at least 4 members (excludes halogenated alkanes) is 2. The van der Waals surface area contributed by atoms with Gasteiger partial charge in [-0.2, -0.15) is 0 Å². The van der Waals surface area contributed by atoms with E-state index in [1.807, 2.05) is 16.9 Å². The Morgan fingerprint density at radius 3 is 2.16 bits per heavy atom. The highest BCUT2D eigenvalue weighted by atomic mass is 17.0. The molecule has 0 radical (unpaired) electrons. The zero-order chi connectivity index (χ0) is 13.7. The lowest BCUT2D eigenvalue weighted by atomic mass is 10.1.